The topological polar surface area (TPSA) is 89.3 Å². The molecule has 0 N–H and O–H groups in total. The van der Waals surface area contributed by atoms with Gasteiger partial charge >= 0.3 is 12.2 Å². The van der Waals surface area contributed by atoms with Crippen molar-refractivity contribution in [2.45, 2.75) is 83.2 Å². The standard InChI is InChI=1S/C23H35N5O4S/c1-22(2,3)31-20(29)26-11-9-17(10-12-26)27(21(30)32-23(4,5)6)14-16-8-13-28-18(16)19(33-7)24-15-25-28/h8,13,15,17H,9-12,14H2,1-7H3. The molecular weight excluding hydrogens is 442 g/mol. The molecule has 0 atom stereocenters. The van der Waals surface area contributed by atoms with E-state index in [2.05, 4.69) is 10.1 Å². The molecule has 0 radical (unpaired) electrons. The Morgan fingerprint density at radius 1 is 1.12 bits per heavy atom. The quantitative estimate of drug-likeness (QED) is 0.595. The lowest BCUT2D eigenvalue weighted by molar-refractivity contribution is -0.00131. The number of thioether (sulfide) groups is 1. The second kappa shape index (κ2) is 9.79. The fraction of sp³-hybridized carbons (Fsp3) is 0.652. The summed E-state index contributed by atoms with van der Waals surface area (Å²) in [5.41, 5.74) is 0.706. The Morgan fingerprint density at radius 2 is 1.76 bits per heavy atom. The maximum Gasteiger partial charge on any atom is 0.410 e. The van der Waals surface area contributed by atoms with Crippen LogP contribution in [0.3, 0.4) is 0 Å². The minimum absolute atomic E-state index is 0.0594. The number of carbonyl (C=O) groups is 2. The summed E-state index contributed by atoms with van der Waals surface area (Å²) in [4.78, 5) is 33.6. The predicted octanol–water partition coefficient (Wildman–Crippen LogP) is 4.59. The first-order valence-corrected chi connectivity index (χ1v) is 12.4. The van der Waals surface area contributed by atoms with E-state index in [0.717, 1.165) is 16.1 Å². The molecule has 9 nitrogen and oxygen atoms in total. The molecule has 1 aliphatic heterocycles. The first-order chi connectivity index (χ1) is 15.4. The molecule has 0 aromatic carbocycles. The zero-order chi connectivity index (χ0) is 24.4. The van der Waals surface area contributed by atoms with Gasteiger partial charge in [-0.2, -0.15) is 5.10 Å². The molecule has 0 saturated carbocycles. The lowest BCUT2D eigenvalue weighted by Gasteiger charge is -2.39. The highest BCUT2D eigenvalue weighted by Gasteiger charge is 2.34. The molecule has 2 aromatic rings. The number of piperidine rings is 1. The van der Waals surface area contributed by atoms with Crippen molar-refractivity contribution in [1.29, 1.82) is 0 Å². The predicted molar refractivity (Wildman–Crippen MR) is 127 cm³/mol. The van der Waals surface area contributed by atoms with Gasteiger partial charge in [-0.25, -0.2) is 19.1 Å². The van der Waals surface area contributed by atoms with E-state index >= 15 is 0 Å². The van der Waals surface area contributed by atoms with Gasteiger partial charge in [0, 0.05) is 30.9 Å². The Balaban J connectivity index is 1.81. The van der Waals surface area contributed by atoms with Crippen LogP contribution in [0.25, 0.3) is 5.52 Å². The van der Waals surface area contributed by atoms with Crippen LogP contribution in [-0.2, 0) is 16.0 Å². The van der Waals surface area contributed by atoms with Crippen molar-refractivity contribution in [3.8, 4) is 0 Å². The summed E-state index contributed by atoms with van der Waals surface area (Å²) in [6.45, 7) is 12.6. The average molecular weight is 478 g/mol. The van der Waals surface area contributed by atoms with Gasteiger partial charge in [-0.3, -0.25) is 0 Å². The molecule has 3 heterocycles. The fourth-order valence-electron chi connectivity index (χ4n) is 3.80. The van der Waals surface area contributed by atoms with Crippen molar-refractivity contribution in [3.63, 3.8) is 0 Å². The van der Waals surface area contributed by atoms with Crippen LogP contribution in [0.2, 0.25) is 0 Å². The van der Waals surface area contributed by atoms with E-state index in [-0.39, 0.29) is 18.2 Å². The summed E-state index contributed by atoms with van der Waals surface area (Å²) in [7, 11) is 0. The van der Waals surface area contributed by atoms with E-state index in [0.29, 0.717) is 32.5 Å². The first-order valence-electron chi connectivity index (χ1n) is 11.2. The number of rotatable bonds is 4. The lowest BCUT2D eigenvalue weighted by Crippen LogP contribution is -2.50. The molecule has 182 valence electrons. The Kier molecular flexibility index (Phi) is 7.45. The molecule has 0 unspecified atom stereocenters. The Hall–Kier alpha value is -2.49. The number of carbonyl (C=O) groups excluding carboxylic acids is 2. The highest BCUT2D eigenvalue weighted by molar-refractivity contribution is 7.98. The molecule has 1 saturated heterocycles. The van der Waals surface area contributed by atoms with Gasteiger partial charge < -0.3 is 19.3 Å². The van der Waals surface area contributed by atoms with Crippen molar-refractivity contribution >= 4 is 29.5 Å². The average Bonchev–Trinajstić information content (AvgIpc) is 3.12. The van der Waals surface area contributed by atoms with Crippen LogP contribution in [0.5, 0.6) is 0 Å². The second-order valence-corrected chi connectivity index (χ2v) is 11.0. The van der Waals surface area contributed by atoms with Gasteiger partial charge in [-0.05, 0) is 66.7 Å². The van der Waals surface area contributed by atoms with Crippen LogP contribution in [0.4, 0.5) is 9.59 Å². The van der Waals surface area contributed by atoms with Crippen LogP contribution < -0.4 is 0 Å². The summed E-state index contributed by atoms with van der Waals surface area (Å²) < 4.78 is 13.0. The first kappa shape index (κ1) is 25.1. The molecule has 2 aromatic heterocycles. The summed E-state index contributed by atoms with van der Waals surface area (Å²) in [6, 6.07) is 1.91. The van der Waals surface area contributed by atoms with Gasteiger partial charge in [-0.15, -0.1) is 11.8 Å². The van der Waals surface area contributed by atoms with E-state index in [1.54, 1.807) is 26.1 Å². The number of ether oxygens (including phenoxy) is 2. The van der Waals surface area contributed by atoms with Crippen molar-refractivity contribution in [3.05, 3.63) is 24.2 Å². The van der Waals surface area contributed by atoms with E-state index in [9.17, 15) is 9.59 Å². The fourth-order valence-corrected chi connectivity index (χ4v) is 4.37. The summed E-state index contributed by atoms with van der Waals surface area (Å²) in [6.07, 6.45) is 6.00. The van der Waals surface area contributed by atoms with E-state index in [1.807, 2.05) is 60.1 Å². The number of amides is 2. The minimum atomic E-state index is -0.608. The maximum absolute atomic E-state index is 13.2. The molecule has 33 heavy (non-hydrogen) atoms. The van der Waals surface area contributed by atoms with Crippen LogP contribution in [-0.4, -0.2) is 73.2 Å². The van der Waals surface area contributed by atoms with Gasteiger partial charge in [0.2, 0.25) is 0 Å². The van der Waals surface area contributed by atoms with Crippen molar-refractivity contribution in [2.75, 3.05) is 19.3 Å². The number of fused-ring (bicyclic) bond motifs is 1. The SMILES string of the molecule is CSc1ncnn2ccc(CN(C(=O)OC(C)(C)C)C3CCN(C(=O)OC(C)(C)C)CC3)c12. The molecular formula is C23H35N5O4S. The largest absolute Gasteiger partial charge is 0.444 e. The van der Waals surface area contributed by atoms with Gasteiger partial charge in [0.15, 0.2) is 0 Å². The number of hydrogen-bond acceptors (Lipinski definition) is 7. The zero-order valence-corrected chi connectivity index (χ0v) is 21.4. The molecule has 10 heteroatoms. The monoisotopic (exact) mass is 477 g/mol. The highest BCUT2D eigenvalue weighted by atomic mass is 32.2. The molecule has 1 aliphatic rings. The third-order valence-electron chi connectivity index (χ3n) is 5.22. The molecule has 3 rings (SSSR count). The number of aromatic nitrogens is 3. The van der Waals surface area contributed by atoms with Gasteiger partial charge in [0.25, 0.3) is 0 Å². The summed E-state index contributed by atoms with van der Waals surface area (Å²) >= 11 is 1.54. The number of likely N-dealkylation sites (tertiary alicyclic amines) is 1. The van der Waals surface area contributed by atoms with Gasteiger partial charge in [0.1, 0.15) is 28.1 Å². The van der Waals surface area contributed by atoms with Crippen LogP contribution >= 0.6 is 11.8 Å². The van der Waals surface area contributed by atoms with Crippen molar-refractivity contribution < 1.29 is 19.1 Å². The molecule has 0 spiro atoms. The van der Waals surface area contributed by atoms with Crippen molar-refractivity contribution in [2.24, 2.45) is 0 Å². The third kappa shape index (κ3) is 6.52. The van der Waals surface area contributed by atoms with Crippen LogP contribution in [0.1, 0.15) is 59.9 Å². The summed E-state index contributed by atoms with van der Waals surface area (Å²) in [5.74, 6) is 0. The normalized spacial score (nSPS) is 15.5. The van der Waals surface area contributed by atoms with Gasteiger partial charge in [-0.1, -0.05) is 0 Å². The van der Waals surface area contributed by atoms with Crippen LogP contribution in [0.15, 0.2) is 23.6 Å². The Labute approximate surface area is 199 Å². The van der Waals surface area contributed by atoms with Crippen molar-refractivity contribution in [1.82, 2.24) is 24.4 Å². The number of hydrogen-bond donors (Lipinski definition) is 0. The molecule has 0 aliphatic carbocycles. The Bertz CT molecular complexity index is 987. The van der Waals surface area contributed by atoms with Gasteiger partial charge in [0.05, 0.1) is 6.54 Å². The lowest BCUT2D eigenvalue weighted by atomic mass is 10.0. The van der Waals surface area contributed by atoms with E-state index < -0.39 is 11.2 Å². The molecule has 2 amide bonds. The smallest absolute Gasteiger partial charge is 0.410 e. The minimum Gasteiger partial charge on any atom is -0.444 e. The van der Waals surface area contributed by atoms with Crippen LogP contribution in [0, 0.1) is 0 Å². The van der Waals surface area contributed by atoms with E-state index in [4.69, 9.17) is 9.47 Å². The maximum atomic E-state index is 13.2. The third-order valence-corrected chi connectivity index (χ3v) is 5.91. The molecule has 0 bridgehead atoms. The summed E-state index contributed by atoms with van der Waals surface area (Å²) in [5, 5.41) is 5.15. The highest BCUT2D eigenvalue weighted by Crippen LogP contribution is 2.27. The van der Waals surface area contributed by atoms with E-state index in [1.165, 1.54) is 6.33 Å². The Morgan fingerprint density at radius 3 is 2.33 bits per heavy atom. The number of nitrogens with zero attached hydrogens (tertiary/aromatic N) is 5. The second-order valence-electron chi connectivity index (χ2n) is 10.2. The zero-order valence-electron chi connectivity index (χ0n) is 20.6. The molecule has 1 fully saturated rings.